The summed E-state index contributed by atoms with van der Waals surface area (Å²) in [5.41, 5.74) is 1.62. The van der Waals surface area contributed by atoms with Crippen LogP contribution in [0.15, 0.2) is 59.6 Å². The second-order valence-electron chi connectivity index (χ2n) is 7.56. The van der Waals surface area contributed by atoms with Gasteiger partial charge < -0.3 is 5.11 Å². The maximum absolute atomic E-state index is 13.6. The van der Waals surface area contributed by atoms with Crippen LogP contribution >= 0.6 is 0 Å². The van der Waals surface area contributed by atoms with E-state index in [1.54, 1.807) is 24.3 Å². The van der Waals surface area contributed by atoms with Gasteiger partial charge in [-0.15, -0.1) is 0 Å². The fourth-order valence-electron chi connectivity index (χ4n) is 3.44. The topological polar surface area (TPSA) is 49.7 Å². The predicted molar refractivity (Wildman–Crippen MR) is 126 cm³/mol. The number of phenolic OH excluding ortho intramolecular Hbond substituents is 1. The molecule has 0 amide bonds. The summed E-state index contributed by atoms with van der Waals surface area (Å²) in [5, 5.41) is 10.3. The van der Waals surface area contributed by atoms with Gasteiger partial charge in [0.25, 0.3) is 0 Å². The van der Waals surface area contributed by atoms with Crippen LogP contribution in [-0.2, 0) is 10.8 Å². The highest BCUT2D eigenvalue weighted by atomic mass is 32.2. The van der Waals surface area contributed by atoms with Gasteiger partial charge in [-0.2, -0.15) is 0 Å². The number of nitrogens with zero attached hydrogens (tertiary/aromatic N) is 1. The van der Waals surface area contributed by atoms with Crippen LogP contribution in [0.25, 0.3) is 0 Å². The first-order chi connectivity index (χ1) is 14.2. The standard InChI is InChI=1S/C25H35NO2S/c1-3-5-6-7-8-12-16-24(13-4-2)29(28)25(21-14-10-9-11-15-21)26-22-17-19-23(27)20-18-22/h9-11,14-15,17-20,24,27H,3-8,12-13,16H2,1-2H3. The first-order valence-corrected chi connectivity index (χ1v) is 12.2. The van der Waals surface area contributed by atoms with Gasteiger partial charge in [-0.05, 0) is 37.1 Å². The Morgan fingerprint density at radius 1 is 0.862 bits per heavy atom. The van der Waals surface area contributed by atoms with E-state index in [-0.39, 0.29) is 11.0 Å². The summed E-state index contributed by atoms with van der Waals surface area (Å²) in [5.74, 6) is 0.207. The van der Waals surface area contributed by atoms with Gasteiger partial charge in [-0.1, -0.05) is 89.1 Å². The predicted octanol–water partition coefficient (Wildman–Crippen LogP) is 7.14. The number of aromatic hydroxyl groups is 1. The largest absolute Gasteiger partial charge is 0.508 e. The van der Waals surface area contributed by atoms with Gasteiger partial charge in [-0.25, -0.2) is 4.99 Å². The Morgan fingerprint density at radius 3 is 2.17 bits per heavy atom. The molecular formula is C25H35NO2S. The molecule has 2 atom stereocenters. The van der Waals surface area contributed by atoms with E-state index in [4.69, 9.17) is 4.99 Å². The van der Waals surface area contributed by atoms with Crippen molar-refractivity contribution in [2.45, 2.75) is 76.9 Å². The number of hydrogen-bond donors (Lipinski definition) is 1. The molecule has 0 aliphatic rings. The molecule has 2 aromatic rings. The fraction of sp³-hybridized carbons (Fsp3) is 0.480. The first-order valence-electron chi connectivity index (χ1n) is 11.0. The van der Waals surface area contributed by atoms with Crippen LogP contribution < -0.4 is 0 Å². The second-order valence-corrected chi connectivity index (χ2v) is 9.21. The minimum atomic E-state index is -1.17. The molecule has 0 aliphatic carbocycles. The molecule has 3 nitrogen and oxygen atoms in total. The Kier molecular flexibility index (Phi) is 10.7. The lowest BCUT2D eigenvalue weighted by atomic mass is 10.1. The lowest BCUT2D eigenvalue weighted by molar-refractivity contribution is 0.475. The molecule has 0 aromatic heterocycles. The van der Waals surface area contributed by atoms with E-state index in [9.17, 15) is 9.32 Å². The van der Waals surface area contributed by atoms with Crippen molar-refractivity contribution in [2.24, 2.45) is 4.99 Å². The maximum Gasteiger partial charge on any atom is 0.135 e. The zero-order valence-electron chi connectivity index (χ0n) is 17.8. The lowest BCUT2D eigenvalue weighted by Gasteiger charge is -2.18. The minimum absolute atomic E-state index is 0.127. The minimum Gasteiger partial charge on any atom is -0.508 e. The van der Waals surface area contributed by atoms with Crippen molar-refractivity contribution in [1.29, 1.82) is 0 Å². The average Bonchev–Trinajstić information content (AvgIpc) is 2.75. The third-order valence-corrected chi connectivity index (χ3v) is 6.87. The highest BCUT2D eigenvalue weighted by Crippen LogP contribution is 2.23. The molecule has 0 spiro atoms. The summed E-state index contributed by atoms with van der Waals surface area (Å²) in [6.45, 7) is 4.39. The van der Waals surface area contributed by atoms with Crippen LogP contribution in [0.3, 0.4) is 0 Å². The Balaban J connectivity index is 2.18. The van der Waals surface area contributed by atoms with Gasteiger partial charge in [-0.3, -0.25) is 4.21 Å². The average molecular weight is 414 g/mol. The monoisotopic (exact) mass is 413 g/mol. The third kappa shape index (κ3) is 8.14. The normalized spacial score (nSPS) is 13.9. The van der Waals surface area contributed by atoms with Crippen molar-refractivity contribution in [1.82, 2.24) is 0 Å². The van der Waals surface area contributed by atoms with Crippen molar-refractivity contribution >= 4 is 21.5 Å². The molecule has 0 bridgehead atoms. The Bertz CT molecular complexity index is 756. The van der Waals surface area contributed by atoms with Gasteiger partial charge in [0.2, 0.25) is 0 Å². The molecule has 0 fully saturated rings. The molecule has 2 aromatic carbocycles. The SMILES string of the molecule is CCCCCCCCC(CCC)S(=O)C(=Nc1ccc(O)cc1)c1ccccc1. The molecule has 0 radical (unpaired) electrons. The van der Waals surface area contributed by atoms with Crippen LogP contribution in [0, 0.1) is 0 Å². The highest BCUT2D eigenvalue weighted by Gasteiger charge is 2.22. The number of phenols is 1. The van der Waals surface area contributed by atoms with Gasteiger partial charge in [0.1, 0.15) is 10.8 Å². The van der Waals surface area contributed by atoms with E-state index in [0.29, 0.717) is 10.7 Å². The summed E-state index contributed by atoms with van der Waals surface area (Å²) in [4.78, 5) is 4.75. The van der Waals surface area contributed by atoms with E-state index >= 15 is 0 Å². The molecule has 2 unspecified atom stereocenters. The van der Waals surface area contributed by atoms with Gasteiger partial charge in [0.05, 0.1) is 16.5 Å². The number of aliphatic imine (C=N–C) groups is 1. The van der Waals surface area contributed by atoms with Crippen LogP contribution in [-0.4, -0.2) is 19.6 Å². The Labute approximate surface area is 178 Å². The quantitative estimate of drug-likeness (QED) is 0.228. The van der Waals surface area contributed by atoms with E-state index in [1.807, 2.05) is 30.3 Å². The van der Waals surface area contributed by atoms with Gasteiger partial charge >= 0.3 is 0 Å². The molecule has 2 rings (SSSR count). The molecule has 4 heteroatoms. The van der Waals surface area contributed by atoms with Crippen LogP contribution in [0.5, 0.6) is 5.75 Å². The third-order valence-electron chi connectivity index (χ3n) is 5.08. The molecule has 0 heterocycles. The number of benzene rings is 2. The van der Waals surface area contributed by atoms with Crippen molar-refractivity contribution < 1.29 is 9.32 Å². The highest BCUT2D eigenvalue weighted by molar-refractivity contribution is 8.01. The molecular weight excluding hydrogens is 378 g/mol. The molecule has 158 valence electrons. The summed E-state index contributed by atoms with van der Waals surface area (Å²) in [6.07, 6.45) is 10.4. The summed E-state index contributed by atoms with van der Waals surface area (Å²) in [7, 11) is -1.17. The maximum atomic E-state index is 13.6. The van der Waals surface area contributed by atoms with Crippen molar-refractivity contribution in [3.8, 4) is 5.75 Å². The van der Waals surface area contributed by atoms with Crippen LogP contribution in [0.2, 0.25) is 0 Å². The second kappa shape index (κ2) is 13.3. The first kappa shape index (κ1) is 23.3. The lowest BCUT2D eigenvalue weighted by Crippen LogP contribution is -2.23. The number of hydrogen-bond acceptors (Lipinski definition) is 3. The zero-order chi connectivity index (χ0) is 20.9. The van der Waals surface area contributed by atoms with Crippen LogP contribution in [0.4, 0.5) is 5.69 Å². The molecule has 29 heavy (non-hydrogen) atoms. The Morgan fingerprint density at radius 2 is 1.52 bits per heavy atom. The van der Waals surface area contributed by atoms with E-state index in [2.05, 4.69) is 13.8 Å². The zero-order valence-corrected chi connectivity index (χ0v) is 18.7. The fourth-order valence-corrected chi connectivity index (χ4v) is 5.15. The van der Waals surface area contributed by atoms with Gasteiger partial charge in [0.15, 0.2) is 0 Å². The van der Waals surface area contributed by atoms with Crippen molar-refractivity contribution in [3.05, 3.63) is 60.2 Å². The van der Waals surface area contributed by atoms with Crippen molar-refractivity contribution in [2.75, 3.05) is 0 Å². The number of unbranched alkanes of at least 4 members (excludes halogenated alkanes) is 5. The van der Waals surface area contributed by atoms with E-state index in [0.717, 1.165) is 31.2 Å². The van der Waals surface area contributed by atoms with E-state index in [1.165, 1.54) is 32.1 Å². The summed E-state index contributed by atoms with van der Waals surface area (Å²) < 4.78 is 13.6. The molecule has 0 aliphatic heterocycles. The molecule has 0 saturated carbocycles. The molecule has 0 saturated heterocycles. The van der Waals surface area contributed by atoms with Gasteiger partial charge in [0, 0.05) is 10.8 Å². The summed E-state index contributed by atoms with van der Waals surface area (Å²) >= 11 is 0. The van der Waals surface area contributed by atoms with Crippen molar-refractivity contribution in [3.63, 3.8) is 0 Å². The molecule has 1 N–H and O–H groups in total. The van der Waals surface area contributed by atoms with Crippen LogP contribution in [0.1, 0.15) is 77.2 Å². The number of rotatable bonds is 12. The Hall–Kier alpha value is -1.94. The van der Waals surface area contributed by atoms with E-state index < -0.39 is 10.8 Å². The smallest absolute Gasteiger partial charge is 0.135 e. The summed E-state index contributed by atoms with van der Waals surface area (Å²) in [6, 6.07) is 16.6.